The van der Waals surface area contributed by atoms with E-state index in [0.29, 0.717) is 0 Å². The molecule has 132 valence electrons. The summed E-state index contributed by atoms with van der Waals surface area (Å²) in [7, 11) is 3.36. The fourth-order valence-corrected chi connectivity index (χ4v) is 3.61. The van der Waals surface area contributed by atoms with Gasteiger partial charge in [0.15, 0.2) is 5.16 Å². The summed E-state index contributed by atoms with van der Waals surface area (Å²) in [4.78, 5) is 7.96. The number of H-pyrrole nitrogens is 1. The van der Waals surface area contributed by atoms with Gasteiger partial charge in [-0.25, -0.2) is 4.98 Å². The molecule has 1 atom stereocenters. The van der Waals surface area contributed by atoms with Crippen LogP contribution in [0.5, 0.6) is 11.5 Å². The molecule has 1 aromatic heterocycles. The van der Waals surface area contributed by atoms with Crippen molar-refractivity contribution in [3.8, 4) is 11.5 Å². The minimum Gasteiger partial charge on any atom is -0.497 e. The Balaban J connectivity index is 1.78. The highest BCUT2D eigenvalue weighted by Crippen LogP contribution is 2.29. The number of thioether (sulfide) groups is 1. The highest BCUT2D eigenvalue weighted by atomic mass is 32.2. The Labute approximate surface area is 151 Å². The van der Waals surface area contributed by atoms with Crippen LogP contribution in [0.2, 0.25) is 0 Å². The summed E-state index contributed by atoms with van der Waals surface area (Å²) in [5, 5.41) is 0.878. The Morgan fingerprint density at radius 2 is 2.00 bits per heavy atom. The van der Waals surface area contributed by atoms with E-state index in [1.807, 2.05) is 31.2 Å². The standard InChI is InChI=1S/C19H23N3O2S/c1-12(20)8-13-4-7-18(24-3)14(9-13)11-25-19-21-16-6-5-15(23-2)10-17(16)22-19/h4-7,9-10,12H,8,11,20H2,1-3H3,(H,21,22). The molecular weight excluding hydrogens is 334 g/mol. The zero-order valence-electron chi connectivity index (χ0n) is 14.7. The van der Waals surface area contributed by atoms with Gasteiger partial charge in [-0.1, -0.05) is 23.9 Å². The topological polar surface area (TPSA) is 73.2 Å². The lowest BCUT2D eigenvalue weighted by atomic mass is 10.0. The lowest BCUT2D eigenvalue weighted by molar-refractivity contribution is 0.411. The van der Waals surface area contributed by atoms with Gasteiger partial charge in [-0.05, 0) is 37.1 Å². The van der Waals surface area contributed by atoms with Crippen LogP contribution >= 0.6 is 11.8 Å². The van der Waals surface area contributed by atoms with Crippen molar-refractivity contribution in [1.82, 2.24) is 9.97 Å². The number of benzene rings is 2. The number of hydrogen-bond acceptors (Lipinski definition) is 5. The molecule has 0 bridgehead atoms. The van der Waals surface area contributed by atoms with Crippen LogP contribution in [0.3, 0.4) is 0 Å². The van der Waals surface area contributed by atoms with Gasteiger partial charge in [-0.3, -0.25) is 0 Å². The molecule has 0 aliphatic rings. The molecule has 0 radical (unpaired) electrons. The van der Waals surface area contributed by atoms with Crippen molar-refractivity contribution in [3.05, 3.63) is 47.5 Å². The number of nitrogens with zero attached hydrogens (tertiary/aromatic N) is 1. The van der Waals surface area contributed by atoms with Gasteiger partial charge in [0.25, 0.3) is 0 Å². The summed E-state index contributed by atoms with van der Waals surface area (Å²) in [6.45, 7) is 2.02. The number of hydrogen-bond donors (Lipinski definition) is 2. The normalized spacial score (nSPS) is 12.3. The van der Waals surface area contributed by atoms with Crippen molar-refractivity contribution in [2.24, 2.45) is 5.73 Å². The molecule has 0 saturated heterocycles. The molecule has 3 aromatic rings. The minimum absolute atomic E-state index is 0.138. The van der Waals surface area contributed by atoms with E-state index < -0.39 is 0 Å². The lowest BCUT2D eigenvalue weighted by Gasteiger charge is -2.11. The van der Waals surface area contributed by atoms with Crippen LogP contribution < -0.4 is 15.2 Å². The summed E-state index contributed by atoms with van der Waals surface area (Å²) in [6, 6.07) is 12.2. The quantitative estimate of drug-likeness (QED) is 0.630. The Morgan fingerprint density at radius 3 is 2.72 bits per heavy atom. The average Bonchev–Trinajstić information content (AvgIpc) is 3.01. The molecule has 6 heteroatoms. The second-order valence-corrected chi connectivity index (χ2v) is 7.01. The molecule has 0 spiro atoms. The van der Waals surface area contributed by atoms with Gasteiger partial charge in [-0.2, -0.15) is 0 Å². The maximum Gasteiger partial charge on any atom is 0.166 e. The molecule has 5 nitrogen and oxygen atoms in total. The van der Waals surface area contributed by atoms with Gasteiger partial charge >= 0.3 is 0 Å². The van der Waals surface area contributed by atoms with E-state index in [2.05, 4.69) is 22.1 Å². The highest BCUT2D eigenvalue weighted by molar-refractivity contribution is 7.98. The SMILES string of the molecule is COc1ccc2nc(SCc3cc(CC(C)N)ccc3OC)[nH]c2c1. The van der Waals surface area contributed by atoms with Crippen molar-refractivity contribution in [2.45, 2.75) is 30.3 Å². The predicted octanol–water partition coefficient (Wildman–Crippen LogP) is 3.76. The van der Waals surface area contributed by atoms with Crippen LogP contribution in [0, 0.1) is 0 Å². The molecule has 0 amide bonds. The molecule has 2 aromatic carbocycles. The molecule has 3 N–H and O–H groups in total. The molecule has 3 rings (SSSR count). The number of imidazole rings is 1. The average molecular weight is 357 g/mol. The van der Waals surface area contributed by atoms with E-state index >= 15 is 0 Å². The molecular formula is C19H23N3O2S. The first-order valence-electron chi connectivity index (χ1n) is 8.17. The van der Waals surface area contributed by atoms with Gasteiger partial charge in [0.2, 0.25) is 0 Å². The first kappa shape index (κ1) is 17.6. The van der Waals surface area contributed by atoms with E-state index in [0.717, 1.165) is 45.4 Å². The van der Waals surface area contributed by atoms with E-state index in [1.54, 1.807) is 26.0 Å². The first-order valence-corrected chi connectivity index (χ1v) is 9.15. The summed E-state index contributed by atoms with van der Waals surface area (Å²) in [5.41, 5.74) is 10.2. The maximum absolute atomic E-state index is 5.92. The third kappa shape index (κ3) is 4.27. The number of aromatic nitrogens is 2. The fraction of sp³-hybridized carbons (Fsp3) is 0.316. The molecule has 1 heterocycles. The number of nitrogens with two attached hydrogens (primary N) is 1. The first-order chi connectivity index (χ1) is 12.1. The number of rotatable bonds is 7. The Morgan fingerprint density at radius 1 is 1.16 bits per heavy atom. The van der Waals surface area contributed by atoms with Crippen molar-refractivity contribution in [1.29, 1.82) is 0 Å². The number of fused-ring (bicyclic) bond motifs is 1. The van der Waals surface area contributed by atoms with Crippen LogP contribution in [0.4, 0.5) is 0 Å². The number of aromatic amines is 1. The molecule has 1 unspecified atom stereocenters. The van der Waals surface area contributed by atoms with Crippen LogP contribution in [-0.4, -0.2) is 30.2 Å². The van der Waals surface area contributed by atoms with Gasteiger partial charge < -0.3 is 20.2 Å². The van der Waals surface area contributed by atoms with Gasteiger partial charge in [0, 0.05) is 23.4 Å². The van der Waals surface area contributed by atoms with Crippen molar-refractivity contribution < 1.29 is 9.47 Å². The van der Waals surface area contributed by atoms with E-state index in [1.165, 1.54) is 5.56 Å². The smallest absolute Gasteiger partial charge is 0.166 e. The monoisotopic (exact) mass is 357 g/mol. The van der Waals surface area contributed by atoms with Crippen LogP contribution in [0.1, 0.15) is 18.1 Å². The van der Waals surface area contributed by atoms with Gasteiger partial charge in [-0.15, -0.1) is 0 Å². The summed E-state index contributed by atoms with van der Waals surface area (Å²) in [5.74, 6) is 2.48. The summed E-state index contributed by atoms with van der Waals surface area (Å²) < 4.78 is 10.7. The second-order valence-electron chi connectivity index (χ2n) is 6.04. The third-order valence-corrected chi connectivity index (χ3v) is 4.86. The zero-order valence-corrected chi connectivity index (χ0v) is 15.5. The molecule has 25 heavy (non-hydrogen) atoms. The Hall–Kier alpha value is -2.18. The number of ether oxygens (including phenoxy) is 2. The largest absolute Gasteiger partial charge is 0.497 e. The zero-order chi connectivity index (χ0) is 17.8. The Bertz CT molecular complexity index is 861. The molecule has 0 fully saturated rings. The summed E-state index contributed by atoms with van der Waals surface area (Å²) >= 11 is 1.65. The predicted molar refractivity (Wildman–Crippen MR) is 103 cm³/mol. The van der Waals surface area contributed by atoms with Crippen LogP contribution in [0.25, 0.3) is 11.0 Å². The van der Waals surface area contributed by atoms with Crippen LogP contribution in [-0.2, 0) is 12.2 Å². The highest BCUT2D eigenvalue weighted by Gasteiger charge is 2.09. The number of methoxy groups -OCH3 is 2. The maximum atomic E-state index is 5.92. The van der Waals surface area contributed by atoms with Gasteiger partial charge in [0.1, 0.15) is 11.5 Å². The van der Waals surface area contributed by atoms with E-state index in [4.69, 9.17) is 15.2 Å². The van der Waals surface area contributed by atoms with Crippen molar-refractivity contribution >= 4 is 22.8 Å². The molecule has 0 aliphatic heterocycles. The van der Waals surface area contributed by atoms with Crippen molar-refractivity contribution in [2.75, 3.05) is 14.2 Å². The molecule has 0 aliphatic carbocycles. The van der Waals surface area contributed by atoms with E-state index in [-0.39, 0.29) is 6.04 Å². The fourth-order valence-electron chi connectivity index (χ4n) is 2.75. The Kier molecular flexibility index (Phi) is 5.50. The lowest BCUT2D eigenvalue weighted by Crippen LogP contribution is -2.17. The van der Waals surface area contributed by atoms with Crippen molar-refractivity contribution in [3.63, 3.8) is 0 Å². The number of nitrogens with one attached hydrogen (secondary N) is 1. The van der Waals surface area contributed by atoms with Crippen LogP contribution in [0.15, 0.2) is 41.6 Å². The minimum atomic E-state index is 0.138. The third-order valence-electron chi connectivity index (χ3n) is 3.93. The van der Waals surface area contributed by atoms with E-state index in [9.17, 15) is 0 Å². The molecule has 0 saturated carbocycles. The van der Waals surface area contributed by atoms with Gasteiger partial charge in [0.05, 0.1) is 25.3 Å². The second kappa shape index (κ2) is 7.80. The summed E-state index contributed by atoms with van der Waals surface area (Å²) in [6.07, 6.45) is 0.853.